The van der Waals surface area contributed by atoms with Gasteiger partial charge in [0.15, 0.2) is 0 Å². The summed E-state index contributed by atoms with van der Waals surface area (Å²) in [7, 11) is 0. The van der Waals surface area contributed by atoms with Gasteiger partial charge in [-0.25, -0.2) is 0 Å². The molecule has 2 aromatic rings. The lowest BCUT2D eigenvalue weighted by atomic mass is 10.2. The number of anilines is 1. The maximum absolute atomic E-state index is 4.43. The molecular formula is C12H14N4. The van der Waals surface area contributed by atoms with Crippen LogP contribution in [0.25, 0.3) is 10.9 Å². The van der Waals surface area contributed by atoms with Gasteiger partial charge >= 0.3 is 0 Å². The van der Waals surface area contributed by atoms with Crippen LogP contribution in [0.5, 0.6) is 0 Å². The van der Waals surface area contributed by atoms with Crippen LogP contribution in [0.4, 0.5) is 5.69 Å². The average Bonchev–Trinajstić information content (AvgIpc) is 2.39. The Morgan fingerprint density at radius 2 is 2.06 bits per heavy atom. The zero-order valence-electron chi connectivity index (χ0n) is 9.06. The smallest absolute Gasteiger partial charge is 0.0886 e. The lowest BCUT2D eigenvalue weighted by Gasteiger charge is -2.29. The summed E-state index contributed by atoms with van der Waals surface area (Å²) in [6.45, 7) is 4.21. The minimum Gasteiger partial charge on any atom is -0.368 e. The van der Waals surface area contributed by atoms with E-state index in [0.717, 1.165) is 37.1 Å². The van der Waals surface area contributed by atoms with Gasteiger partial charge in [0.05, 0.1) is 23.6 Å². The molecule has 1 aliphatic heterocycles. The Labute approximate surface area is 94.3 Å². The van der Waals surface area contributed by atoms with E-state index in [2.05, 4.69) is 26.3 Å². The molecule has 0 atom stereocenters. The fourth-order valence-corrected chi connectivity index (χ4v) is 2.06. The van der Waals surface area contributed by atoms with E-state index in [1.54, 1.807) is 6.20 Å². The van der Waals surface area contributed by atoms with Crippen molar-refractivity contribution in [3.8, 4) is 0 Å². The predicted octanol–water partition coefficient (Wildman–Crippen LogP) is 1.04. The summed E-state index contributed by atoms with van der Waals surface area (Å²) in [6.07, 6.45) is 5.55. The Morgan fingerprint density at radius 3 is 2.94 bits per heavy atom. The molecule has 4 heteroatoms. The Balaban J connectivity index is 1.97. The van der Waals surface area contributed by atoms with Crippen LogP contribution in [0, 0.1) is 0 Å². The maximum atomic E-state index is 4.43. The number of fused-ring (bicyclic) bond motifs is 1. The SMILES string of the molecule is c1cc2cc(N3CCNCC3)cnc2cn1. The second-order valence-corrected chi connectivity index (χ2v) is 4.00. The van der Waals surface area contributed by atoms with Crippen LogP contribution in [0.3, 0.4) is 0 Å². The molecule has 0 radical (unpaired) electrons. The molecule has 0 aromatic carbocycles. The lowest BCUT2D eigenvalue weighted by Crippen LogP contribution is -2.43. The molecule has 4 nitrogen and oxygen atoms in total. The van der Waals surface area contributed by atoms with Crippen molar-refractivity contribution in [2.75, 3.05) is 31.1 Å². The Morgan fingerprint density at radius 1 is 1.19 bits per heavy atom. The molecule has 0 saturated carbocycles. The van der Waals surface area contributed by atoms with E-state index in [1.807, 2.05) is 18.5 Å². The summed E-state index contributed by atoms with van der Waals surface area (Å²) >= 11 is 0. The predicted molar refractivity (Wildman–Crippen MR) is 64.6 cm³/mol. The van der Waals surface area contributed by atoms with Crippen molar-refractivity contribution >= 4 is 16.6 Å². The van der Waals surface area contributed by atoms with Gasteiger partial charge in [-0.15, -0.1) is 0 Å². The molecule has 1 aliphatic rings. The van der Waals surface area contributed by atoms with E-state index in [4.69, 9.17) is 0 Å². The number of hydrogen-bond acceptors (Lipinski definition) is 4. The Kier molecular flexibility index (Phi) is 2.42. The van der Waals surface area contributed by atoms with Gasteiger partial charge < -0.3 is 10.2 Å². The number of rotatable bonds is 1. The van der Waals surface area contributed by atoms with Crippen LogP contribution >= 0.6 is 0 Å². The van der Waals surface area contributed by atoms with E-state index in [1.165, 1.54) is 5.69 Å². The summed E-state index contributed by atoms with van der Waals surface area (Å²) in [6, 6.07) is 4.20. The third-order valence-corrected chi connectivity index (χ3v) is 2.95. The number of pyridine rings is 2. The number of hydrogen-bond donors (Lipinski definition) is 1. The number of nitrogens with one attached hydrogen (secondary N) is 1. The molecule has 82 valence electrons. The van der Waals surface area contributed by atoms with E-state index in [-0.39, 0.29) is 0 Å². The molecule has 0 aliphatic carbocycles. The first kappa shape index (κ1) is 9.54. The molecule has 3 heterocycles. The van der Waals surface area contributed by atoms with E-state index in [9.17, 15) is 0 Å². The summed E-state index contributed by atoms with van der Waals surface area (Å²) in [5.41, 5.74) is 2.17. The van der Waals surface area contributed by atoms with E-state index >= 15 is 0 Å². The minimum absolute atomic E-state index is 0.960. The first-order chi connectivity index (χ1) is 7.93. The molecule has 0 amide bonds. The minimum atomic E-state index is 0.960. The third kappa shape index (κ3) is 1.72. The molecule has 16 heavy (non-hydrogen) atoms. The topological polar surface area (TPSA) is 41.0 Å². The quantitative estimate of drug-likeness (QED) is 0.770. The second kappa shape index (κ2) is 4.06. The zero-order chi connectivity index (χ0) is 10.8. The van der Waals surface area contributed by atoms with Gasteiger partial charge in [0.2, 0.25) is 0 Å². The standard InChI is InChI=1S/C12H14N4/c1-2-14-9-12-10(1)7-11(8-15-12)16-5-3-13-4-6-16/h1-2,7-9,13H,3-6H2. The zero-order valence-corrected chi connectivity index (χ0v) is 9.06. The molecule has 1 saturated heterocycles. The lowest BCUT2D eigenvalue weighted by molar-refractivity contribution is 0.589. The van der Waals surface area contributed by atoms with Gasteiger partial charge in [0.1, 0.15) is 0 Å². The highest BCUT2D eigenvalue weighted by molar-refractivity contribution is 5.80. The monoisotopic (exact) mass is 214 g/mol. The maximum Gasteiger partial charge on any atom is 0.0886 e. The summed E-state index contributed by atoms with van der Waals surface area (Å²) < 4.78 is 0. The fraction of sp³-hybridized carbons (Fsp3) is 0.333. The van der Waals surface area contributed by atoms with Crippen molar-refractivity contribution in [3.63, 3.8) is 0 Å². The second-order valence-electron chi connectivity index (χ2n) is 4.00. The molecule has 1 N–H and O–H groups in total. The van der Waals surface area contributed by atoms with Gasteiger partial charge in [-0.05, 0) is 12.1 Å². The molecule has 0 bridgehead atoms. The van der Waals surface area contributed by atoms with Crippen molar-refractivity contribution in [2.45, 2.75) is 0 Å². The first-order valence-corrected chi connectivity index (χ1v) is 5.59. The van der Waals surface area contributed by atoms with Gasteiger partial charge in [0.25, 0.3) is 0 Å². The van der Waals surface area contributed by atoms with E-state index in [0.29, 0.717) is 0 Å². The Bertz CT molecular complexity index is 491. The van der Waals surface area contributed by atoms with Crippen LogP contribution < -0.4 is 10.2 Å². The van der Waals surface area contributed by atoms with Crippen LogP contribution in [-0.2, 0) is 0 Å². The molecular weight excluding hydrogens is 200 g/mol. The number of aromatic nitrogens is 2. The third-order valence-electron chi connectivity index (χ3n) is 2.95. The van der Waals surface area contributed by atoms with Crippen molar-refractivity contribution in [3.05, 3.63) is 30.7 Å². The van der Waals surface area contributed by atoms with Crippen LogP contribution in [0.1, 0.15) is 0 Å². The number of nitrogens with zero attached hydrogens (tertiary/aromatic N) is 3. The highest BCUT2D eigenvalue weighted by atomic mass is 15.2. The summed E-state index contributed by atoms with van der Waals surface area (Å²) in [4.78, 5) is 10.9. The number of piperazine rings is 1. The van der Waals surface area contributed by atoms with Gasteiger partial charge in [-0.2, -0.15) is 0 Å². The van der Waals surface area contributed by atoms with Crippen LogP contribution in [0.2, 0.25) is 0 Å². The Hall–Kier alpha value is -1.68. The first-order valence-electron chi connectivity index (χ1n) is 5.59. The average molecular weight is 214 g/mol. The highest BCUT2D eigenvalue weighted by Gasteiger charge is 2.10. The summed E-state index contributed by atoms with van der Waals surface area (Å²) in [5.74, 6) is 0. The van der Waals surface area contributed by atoms with Crippen molar-refractivity contribution in [1.82, 2.24) is 15.3 Å². The summed E-state index contributed by atoms with van der Waals surface area (Å²) in [5, 5.41) is 4.51. The van der Waals surface area contributed by atoms with E-state index < -0.39 is 0 Å². The van der Waals surface area contributed by atoms with Crippen molar-refractivity contribution in [2.24, 2.45) is 0 Å². The molecule has 2 aromatic heterocycles. The van der Waals surface area contributed by atoms with Crippen molar-refractivity contribution in [1.29, 1.82) is 0 Å². The van der Waals surface area contributed by atoms with Gasteiger partial charge in [-0.1, -0.05) is 0 Å². The molecule has 0 spiro atoms. The molecule has 0 unspecified atom stereocenters. The van der Waals surface area contributed by atoms with Crippen LogP contribution in [0.15, 0.2) is 30.7 Å². The molecule has 1 fully saturated rings. The van der Waals surface area contributed by atoms with Crippen molar-refractivity contribution < 1.29 is 0 Å². The van der Waals surface area contributed by atoms with Gasteiger partial charge in [-0.3, -0.25) is 9.97 Å². The van der Waals surface area contributed by atoms with Gasteiger partial charge in [0, 0.05) is 37.8 Å². The highest BCUT2D eigenvalue weighted by Crippen LogP contribution is 2.19. The van der Waals surface area contributed by atoms with Crippen LogP contribution in [-0.4, -0.2) is 36.1 Å². The normalized spacial score (nSPS) is 16.6. The largest absolute Gasteiger partial charge is 0.368 e. The fourth-order valence-electron chi connectivity index (χ4n) is 2.06. The molecule has 3 rings (SSSR count).